The van der Waals surface area contributed by atoms with Crippen molar-refractivity contribution in [2.45, 2.75) is 69.4 Å². The van der Waals surface area contributed by atoms with Crippen LogP contribution in [0.15, 0.2) is 91.0 Å². The molecule has 6 fully saturated rings. The molecule has 3 saturated carbocycles. The molecular formula is C50H48N8O6. The second-order valence-corrected chi connectivity index (χ2v) is 18.7. The number of carbonyl (C=O) groups is 4. The van der Waals surface area contributed by atoms with E-state index in [-0.39, 0.29) is 47.8 Å². The van der Waals surface area contributed by atoms with Gasteiger partial charge in [0.25, 0.3) is 5.91 Å². The Labute approximate surface area is 368 Å². The van der Waals surface area contributed by atoms with Crippen LogP contribution < -0.4 is 10.6 Å². The molecular weight excluding hydrogens is 809 g/mol. The Balaban J connectivity index is 0.829. The average Bonchev–Trinajstić information content (AvgIpc) is 3.74. The Bertz CT molecular complexity index is 3080. The van der Waals surface area contributed by atoms with Crippen LogP contribution in [0.2, 0.25) is 0 Å². The topological polar surface area (TPSA) is 175 Å². The molecule has 4 N–H and O–H groups in total. The smallest absolute Gasteiger partial charge is 0.407 e. The van der Waals surface area contributed by atoms with E-state index in [0.717, 1.165) is 85.6 Å². The zero-order valence-corrected chi connectivity index (χ0v) is 35.9. The Kier molecular flexibility index (Phi) is 8.63. The predicted molar refractivity (Wildman–Crippen MR) is 240 cm³/mol. The summed E-state index contributed by atoms with van der Waals surface area (Å²) in [6.07, 6.45) is 1.57. The van der Waals surface area contributed by atoms with Crippen LogP contribution in [-0.2, 0) is 19.1 Å². The maximum atomic E-state index is 14.5. The van der Waals surface area contributed by atoms with Gasteiger partial charge in [0.2, 0.25) is 5.91 Å². The maximum absolute atomic E-state index is 14.5. The number of nitrogens with zero attached hydrogens (tertiary/aromatic N) is 4. The van der Waals surface area contributed by atoms with Crippen molar-refractivity contribution in [3.8, 4) is 11.1 Å². The van der Waals surface area contributed by atoms with Gasteiger partial charge in [-0.2, -0.15) is 0 Å². The van der Waals surface area contributed by atoms with Crippen LogP contribution in [0.5, 0.6) is 0 Å². The van der Waals surface area contributed by atoms with E-state index in [1.54, 1.807) is 0 Å². The summed E-state index contributed by atoms with van der Waals surface area (Å²) in [5.41, 5.74) is 6.42. The fraction of sp³-hybridized carbons (Fsp3) is 0.360. The standard InChI is InChI=1S/C50H48N8O6/c1-23(2)38(55-49(61)63-3)47(59)58-43-35-36(43)37(35)44(58)46-52-34-19-14-28-21-26(12-17-32(28)41(34)54-46)25-11-16-31-27(20-25)13-18-33-40(31)53-45(51-33)42-29-10-15-30(22-29)57(42)48(60)39(56-50(62)64-4)24-8-6-5-7-9-24/h5-9,11-14,16-21,23,29-30,35-39,42-44H,10,15,22H2,1-4H3,(H,51,53)(H,52,54)(H,55,61)(H,56,62)/t29-,30+,35+,36?,37?,38-,39+,42-,43?,44-/m0/s1. The molecule has 6 aliphatic rings. The highest BCUT2D eigenvalue weighted by Gasteiger charge is 2.86. The number of nitrogens with one attached hydrogen (secondary N) is 4. The van der Waals surface area contributed by atoms with Crippen molar-refractivity contribution in [3.63, 3.8) is 0 Å². The molecule has 64 heavy (non-hydrogen) atoms. The molecule has 14 heteroatoms. The third-order valence-corrected chi connectivity index (χ3v) is 15.0. The fourth-order valence-corrected chi connectivity index (χ4v) is 11.9. The summed E-state index contributed by atoms with van der Waals surface area (Å²) in [5, 5.41) is 9.74. The van der Waals surface area contributed by atoms with E-state index in [4.69, 9.17) is 19.4 Å². The van der Waals surface area contributed by atoms with Gasteiger partial charge in [0.1, 0.15) is 23.7 Å². The zero-order chi connectivity index (χ0) is 43.7. The quantitative estimate of drug-likeness (QED) is 0.113. The van der Waals surface area contributed by atoms with E-state index in [2.05, 4.69) is 81.3 Å². The maximum Gasteiger partial charge on any atom is 0.407 e. The molecule has 3 aliphatic carbocycles. The molecule has 13 rings (SSSR count). The molecule has 0 spiro atoms. The summed E-state index contributed by atoms with van der Waals surface area (Å²) in [4.78, 5) is 74.7. The van der Waals surface area contributed by atoms with E-state index < -0.39 is 24.3 Å². The highest BCUT2D eigenvalue weighted by Crippen LogP contribution is 2.81. The van der Waals surface area contributed by atoms with Crippen molar-refractivity contribution in [1.29, 1.82) is 0 Å². The van der Waals surface area contributed by atoms with Gasteiger partial charge in [-0.1, -0.05) is 80.6 Å². The van der Waals surface area contributed by atoms with Gasteiger partial charge in [0.15, 0.2) is 0 Å². The average molecular weight is 857 g/mol. The predicted octanol–water partition coefficient (Wildman–Crippen LogP) is 8.07. The molecule has 4 bridgehead atoms. The number of benzene rings is 5. The van der Waals surface area contributed by atoms with E-state index in [9.17, 15) is 19.2 Å². The summed E-state index contributed by atoms with van der Waals surface area (Å²) in [6, 6.07) is 29.0. The SMILES string of the molecule is COC(=O)N[C@H](C(=O)N1C2C3C([C@@H]32)[C@H]1c1nc2c(ccc3cc(-c4ccc5c(ccc6[nH]c([C@@H]7[C@H]8CC[C@H](C8)N7C(=O)[C@H](NC(=O)OC)c7ccccc7)nc65)c4)ccc32)[nH]1)C(C)C. The number of H-pyrrole nitrogens is 2. The summed E-state index contributed by atoms with van der Waals surface area (Å²) < 4.78 is 9.77. The van der Waals surface area contributed by atoms with Crippen LogP contribution in [0, 0.1) is 29.6 Å². The number of alkyl carbamates (subject to hydrolysis) is 2. The molecule has 3 saturated heterocycles. The fourth-order valence-electron chi connectivity index (χ4n) is 11.9. The van der Waals surface area contributed by atoms with Gasteiger partial charge in [-0.25, -0.2) is 19.6 Å². The number of likely N-dealkylation sites (tertiary alicyclic amines) is 1. The van der Waals surface area contributed by atoms with Crippen molar-refractivity contribution in [3.05, 3.63) is 108 Å². The largest absolute Gasteiger partial charge is 0.453 e. The van der Waals surface area contributed by atoms with Gasteiger partial charge < -0.3 is 39.9 Å². The second-order valence-electron chi connectivity index (χ2n) is 18.7. The minimum absolute atomic E-state index is 0.0642. The molecule has 2 aromatic heterocycles. The zero-order valence-electron chi connectivity index (χ0n) is 35.9. The van der Waals surface area contributed by atoms with Crippen LogP contribution in [0.1, 0.15) is 68.4 Å². The number of aromatic amines is 2. The van der Waals surface area contributed by atoms with Crippen molar-refractivity contribution in [1.82, 2.24) is 40.4 Å². The van der Waals surface area contributed by atoms with E-state index in [1.165, 1.54) is 14.2 Å². The molecule has 3 unspecified atom stereocenters. The van der Waals surface area contributed by atoms with E-state index in [1.807, 2.05) is 54.0 Å². The minimum atomic E-state index is -0.884. The number of piperidine rings is 2. The molecule has 5 heterocycles. The molecule has 4 amide bonds. The molecule has 324 valence electrons. The third kappa shape index (κ3) is 5.83. The molecule has 14 nitrogen and oxygen atoms in total. The minimum Gasteiger partial charge on any atom is -0.453 e. The second kappa shape index (κ2) is 14.3. The summed E-state index contributed by atoms with van der Waals surface area (Å²) in [6.45, 7) is 3.87. The number of imidazole rings is 2. The van der Waals surface area contributed by atoms with Crippen molar-refractivity contribution in [2.75, 3.05) is 14.2 Å². The lowest BCUT2D eigenvalue weighted by molar-refractivity contribution is -0.138. The number of aromatic nitrogens is 4. The molecule has 0 radical (unpaired) electrons. The number of fused-ring (bicyclic) bond motifs is 9. The lowest BCUT2D eigenvalue weighted by Gasteiger charge is -2.36. The first-order valence-corrected chi connectivity index (χ1v) is 22.3. The van der Waals surface area contributed by atoms with Gasteiger partial charge >= 0.3 is 12.2 Å². The van der Waals surface area contributed by atoms with Crippen LogP contribution in [0.25, 0.3) is 54.7 Å². The van der Waals surface area contributed by atoms with Crippen LogP contribution in [0.3, 0.4) is 0 Å². The number of rotatable bonds is 9. The highest BCUT2D eigenvalue weighted by molar-refractivity contribution is 6.07. The normalized spacial score (nSPS) is 25.8. The monoisotopic (exact) mass is 856 g/mol. The van der Waals surface area contributed by atoms with Crippen LogP contribution >= 0.6 is 0 Å². The molecule has 10 atom stereocenters. The molecule has 7 aromatic rings. The Hall–Kier alpha value is -6.96. The lowest BCUT2D eigenvalue weighted by atomic mass is 9.96. The third-order valence-electron chi connectivity index (χ3n) is 15.0. The lowest BCUT2D eigenvalue weighted by Crippen LogP contribution is -2.51. The van der Waals surface area contributed by atoms with Crippen LogP contribution in [0.4, 0.5) is 9.59 Å². The van der Waals surface area contributed by atoms with Gasteiger partial charge in [-0.3, -0.25) is 9.59 Å². The number of ether oxygens (including phenoxy) is 2. The van der Waals surface area contributed by atoms with Gasteiger partial charge in [-0.05, 0) is 101 Å². The number of amides is 4. The number of methoxy groups -OCH3 is 2. The Morgan fingerprint density at radius 3 is 1.86 bits per heavy atom. The molecule has 3 aliphatic heterocycles. The first-order valence-electron chi connectivity index (χ1n) is 22.3. The first kappa shape index (κ1) is 38.7. The number of carbonyl (C=O) groups excluding carboxylic acids is 4. The molecule has 5 aromatic carbocycles. The Morgan fingerprint density at radius 2 is 1.27 bits per heavy atom. The van der Waals surface area contributed by atoms with Gasteiger partial charge in [-0.15, -0.1) is 0 Å². The van der Waals surface area contributed by atoms with Crippen molar-refractivity contribution >= 4 is 67.6 Å². The van der Waals surface area contributed by atoms with Crippen LogP contribution in [-0.4, -0.2) is 86.1 Å². The Morgan fingerprint density at radius 1 is 0.672 bits per heavy atom. The summed E-state index contributed by atoms with van der Waals surface area (Å²) in [5.74, 6) is 2.90. The van der Waals surface area contributed by atoms with E-state index >= 15 is 0 Å². The van der Waals surface area contributed by atoms with Gasteiger partial charge in [0.05, 0.1) is 48.4 Å². The number of hydrogen-bond acceptors (Lipinski definition) is 8. The first-order chi connectivity index (χ1) is 31.1. The van der Waals surface area contributed by atoms with Crippen molar-refractivity contribution < 1.29 is 28.7 Å². The van der Waals surface area contributed by atoms with E-state index in [0.29, 0.717) is 23.3 Å². The van der Waals surface area contributed by atoms with Gasteiger partial charge in [0, 0.05) is 22.9 Å². The highest BCUT2D eigenvalue weighted by atomic mass is 16.5. The number of hydrogen-bond donors (Lipinski definition) is 4. The van der Waals surface area contributed by atoms with Crippen molar-refractivity contribution in [2.24, 2.45) is 29.6 Å². The summed E-state index contributed by atoms with van der Waals surface area (Å²) >= 11 is 0. The summed E-state index contributed by atoms with van der Waals surface area (Å²) in [7, 11) is 2.61.